The second kappa shape index (κ2) is 10.6. The summed E-state index contributed by atoms with van der Waals surface area (Å²) in [6, 6.07) is 16.6. The molecule has 1 fully saturated rings. The zero-order valence-electron chi connectivity index (χ0n) is 19.8. The Labute approximate surface area is 209 Å². The van der Waals surface area contributed by atoms with Crippen molar-refractivity contribution in [3.63, 3.8) is 0 Å². The highest BCUT2D eigenvalue weighted by molar-refractivity contribution is 7.98. The van der Waals surface area contributed by atoms with Gasteiger partial charge in [0.15, 0.2) is 5.16 Å². The van der Waals surface area contributed by atoms with Crippen molar-refractivity contribution in [1.82, 2.24) is 19.9 Å². The number of aromatic nitrogens is 3. The number of nitrogens with zero attached hydrogens (tertiary/aromatic N) is 3. The number of imidazole rings is 1. The minimum absolute atomic E-state index is 0.00680. The molecule has 1 aliphatic rings. The molecular formula is C28H29FN4OS. The summed E-state index contributed by atoms with van der Waals surface area (Å²) < 4.78 is 15.8. The Balaban J connectivity index is 1.28. The van der Waals surface area contributed by atoms with Gasteiger partial charge < -0.3 is 9.88 Å². The van der Waals surface area contributed by atoms with E-state index in [0.717, 1.165) is 33.7 Å². The average molecular weight is 489 g/mol. The monoisotopic (exact) mass is 488 g/mol. The van der Waals surface area contributed by atoms with Gasteiger partial charge in [0.2, 0.25) is 0 Å². The number of halogens is 1. The van der Waals surface area contributed by atoms with Crippen LogP contribution in [0.5, 0.6) is 0 Å². The molecule has 2 aromatic heterocycles. The number of thioether (sulfide) groups is 1. The van der Waals surface area contributed by atoms with E-state index in [1.165, 1.54) is 25.3 Å². The third kappa shape index (κ3) is 5.56. The van der Waals surface area contributed by atoms with Gasteiger partial charge in [-0.25, -0.2) is 9.37 Å². The second-order valence-electron chi connectivity index (χ2n) is 9.30. The third-order valence-corrected chi connectivity index (χ3v) is 7.80. The average Bonchev–Trinajstić information content (AvgIpc) is 3.21. The standard InChI is InChI=1S/C28H29FN4OS/c1-19-5-2-3-8-24(19)31-27(34)22-11-9-20(10-12-22)18-35-28-32-25-13-14-30-16-26(25)33(28)17-21-6-4-7-23(29)15-21/h4,6-7,9-16,19,24H,2-3,5,8,17-18H2,1H3,(H,31,34)/t19-,24-/m1/s1. The molecular weight excluding hydrogens is 459 g/mol. The zero-order chi connectivity index (χ0) is 24.2. The highest BCUT2D eigenvalue weighted by Gasteiger charge is 2.23. The van der Waals surface area contributed by atoms with E-state index in [9.17, 15) is 9.18 Å². The summed E-state index contributed by atoms with van der Waals surface area (Å²) in [6.07, 6.45) is 8.22. The van der Waals surface area contributed by atoms with Gasteiger partial charge in [0.25, 0.3) is 5.91 Å². The molecule has 35 heavy (non-hydrogen) atoms. The Kier molecular flexibility index (Phi) is 7.13. The Morgan fingerprint density at radius 1 is 1.11 bits per heavy atom. The van der Waals surface area contributed by atoms with E-state index in [0.29, 0.717) is 23.8 Å². The molecule has 4 aromatic rings. The van der Waals surface area contributed by atoms with Crippen LogP contribution >= 0.6 is 11.8 Å². The molecule has 0 unspecified atom stereocenters. The maximum Gasteiger partial charge on any atom is 0.251 e. The van der Waals surface area contributed by atoms with Crippen LogP contribution in [0.3, 0.4) is 0 Å². The highest BCUT2D eigenvalue weighted by atomic mass is 32.2. The molecule has 2 atom stereocenters. The first-order valence-corrected chi connectivity index (χ1v) is 13.1. The number of rotatable bonds is 7. The molecule has 1 N–H and O–H groups in total. The summed E-state index contributed by atoms with van der Waals surface area (Å²) in [7, 11) is 0. The van der Waals surface area contributed by atoms with Crippen molar-refractivity contribution in [3.05, 3.63) is 89.5 Å². The van der Waals surface area contributed by atoms with Gasteiger partial charge in [-0.2, -0.15) is 0 Å². The van der Waals surface area contributed by atoms with Crippen LogP contribution in [0, 0.1) is 11.7 Å². The van der Waals surface area contributed by atoms with Crippen LogP contribution in [-0.2, 0) is 12.3 Å². The van der Waals surface area contributed by atoms with Crippen molar-refractivity contribution in [2.24, 2.45) is 5.92 Å². The number of nitrogens with one attached hydrogen (secondary N) is 1. The Bertz CT molecular complexity index is 1320. The number of carbonyl (C=O) groups excluding carboxylic acids is 1. The second-order valence-corrected chi connectivity index (χ2v) is 10.2. The molecule has 0 saturated heterocycles. The van der Waals surface area contributed by atoms with E-state index in [1.807, 2.05) is 36.4 Å². The number of hydrogen-bond donors (Lipinski definition) is 1. The normalized spacial score (nSPS) is 18.0. The quantitative estimate of drug-likeness (QED) is 0.314. The van der Waals surface area contributed by atoms with Crippen molar-refractivity contribution in [3.8, 4) is 0 Å². The SMILES string of the molecule is C[C@@H]1CCCC[C@H]1NC(=O)c1ccc(CSc2nc3ccncc3n2Cc2cccc(F)c2)cc1. The number of hydrogen-bond acceptors (Lipinski definition) is 4. The van der Waals surface area contributed by atoms with E-state index in [4.69, 9.17) is 4.98 Å². The first-order valence-electron chi connectivity index (χ1n) is 12.1. The van der Waals surface area contributed by atoms with Gasteiger partial charge in [-0.1, -0.05) is 55.8 Å². The Morgan fingerprint density at radius 2 is 1.94 bits per heavy atom. The van der Waals surface area contributed by atoms with Crippen LogP contribution in [0.2, 0.25) is 0 Å². The Hall–Kier alpha value is -3.19. The van der Waals surface area contributed by atoms with Crippen LogP contribution in [0.1, 0.15) is 54.1 Å². The smallest absolute Gasteiger partial charge is 0.251 e. The lowest BCUT2D eigenvalue weighted by Gasteiger charge is -2.29. The highest BCUT2D eigenvalue weighted by Crippen LogP contribution is 2.28. The van der Waals surface area contributed by atoms with Gasteiger partial charge in [0.1, 0.15) is 5.82 Å². The fraction of sp³-hybridized carbons (Fsp3) is 0.321. The van der Waals surface area contributed by atoms with Gasteiger partial charge in [0.05, 0.1) is 23.8 Å². The molecule has 0 aliphatic heterocycles. The molecule has 1 amide bonds. The topological polar surface area (TPSA) is 59.8 Å². The molecule has 2 aromatic carbocycles. The number of pyridine rings is 1. The summed E-state index contributed by atoms with van der Waals surface area (Å²) in [5.74, 6) is 1.00. The van der Waals surface area contributed by atoms with E-state index < -0.39 is 0 Å². The first-order chi connectivity index (χ1) is 17.1. The van der Waals surface area contributed by atoms with Crippen LogP contribution in [0.4, 0.5) is 4.39 Å². The van der Waals surface area contributed by atoms with Crippen molar-refractivity contribution in [2.45, 2.75) is 56.1 Å². The number of fused-ring (bicyclic) bond motifs is 1. The van der Waals surface area contributed by atoms with Crippen molar-refractivity contribution >= 4 is 28.7 Å². The fourth-order valence-electron chi connectivity index (χ4n) is 4.71. The molecule has 7 heteroatoms. The van der Waals surface area contributed by atoms with E-state index >= 15 is 0 Å². The maximum atomic E-state index is 13.7. The fourth-order valence-corrected chi connectivity index (χ4v) is 5.68. The molecule has 0 spiro atoms. The lowest BCUT2D eigenvalue weighted by Crippen LogP contribution is -2.41. The molecule has 1 aliphatic carbocycles. The lowest BCUT2D eigenvalue weighted by atomic mass is 9.86. The van der Waals surface area contributed by atoms with Gasteiger partial charge in [-0.15, -0.1) is 0 Å². The molecule has 180 valence electrons. The summed E-state index contributed by atoms with van der Waals surface area (Å²) in [5, 5.41) is 4.07. The van der Waals surface area contributed by atoms with Crippen LogP contribution in [0.15, 0.2) is 72.1 Å². The lowest BCUT2D eigenvalue weighted by molar-refractivity contribution is 0.0910. The number of carbonyl (C=O) groups is 1. The summed E-state index contributed by atoms with van der Waals surface area (Å²) in [5.41, 5.74) is 4.46. The predicted octanol–water partition coefficient (Wildman–Crippen LogP) is 6.22. The van der Waals surface area contributed by atoms with Crippen LogP contribution in [0.25, 0.3) is 11.0 Å². The van der Waals surface area contributed by atoms with Crippen LogP contribution < -0.4 is 5.32 Å². The van der Waals surface area contributed by atoms with Gasteiger partial charge >= 0.3 is 0 Å². The summed E-state index contributed by atoms with van der Waals surface area (Å²) in [4.78, 5) is 21.8. The minimum Gasteiger partial charge on any atom is -0.349 e. The largest absolute Gasteiger partial charge is 0.349 e. The Morgan fingerprint density at radius 3 is 2.74 bits per heavy atom. The number of benzene rings is 2. The summed E-state index contributed by atoms with van der Waals surface area (Å²) in [6.45, 7) is 2.74. The molecule has 1 saturated carbocycles. The van der Waals surface area contributed by atoms with E-state index in [2.05, 4.69) is 21.8 Å². The van der Waals surface area contributed by atoms with Crippen molar-refractivity contribution in [1.29, 1.82) is 0 Å². The van der Waals surface area contributed by atoms with Gasteiger partial charge in [-0.05, 0) is 60.2 Å². The molecule has 5 rings (SSSR count). The summed E-state index contributed by atoms with van der Waals surface area (Å²) >= 11 is 1.62. The molecule has 5 nitrogen and oxygen atoms in total. The third-order valence-electron chi connectivity index (χ3n) is 6.76. The van der Waals surface area contributed by atoms with Crippen molar-refractivity contribution < 1.29 is 9.18 Å². The molecule has 0 radical (unpaired) electrons. The van der Waals surface area contributed by atoms with E-state index in [-0.39, 0.29) is 17.8 Å². The van der Waals surface area contributed by atoms with E-state index in [1.54, 1.807) is 36.3 Å². The zero-order valence-corrected chi connectivity index (χ0v) is 20.6. The van der Waals surface area contributed by atoms with Crippen LogP contribution in [-0.4, -0.2) is 26.5 Å². The van der Waals surface area contributed by atoms with Crippen molar-refractivity contribution in [2.75, 3.05) is 0 Å². The van der Waals surface area contributed by atoms with Gasteiger partial charge in [0, 0.05) is 23.6 Å². The van der Waals surface area contributed by atoms with Gasteiger partial charge in [-0.3, -0.25) is 9.78 Å². The maximum absolute atomic E-state index is 13.7. The minimum atomic E-state index is -0.249. The first kappa shape index (κ1) is 23.5. The molecule has 2 heterocycles. The number of amides is 1. The molecule has 0 bridgehead atoms. The predicted molar refractivity (Wildman–Crippen MR) is 138 cm³/mol.